The number of halogens is 1. The number of hydrogen-bond acceptors (Lipinski definition) is 4. The molecule has 6 heteroatoms. The standard InChI is InChI=1S/C20H28BrNO4/c1-19(2,3)26-18(24)22-16-9-11-20(12-10-16,17(23)25-4)15-7-5-14(13-21)6-8-15/h5-8,16H,9-13H2,1-4H3,(H,22,24)/t16-,20+. The Morgan fingerprint density at radius 3 is 2.23 bits per heavy atom. The predicted molar refractivity (Wildman–Crippen MR) is 104 cm³/mol. The summed E-state index contributed by atoms with van der Waals surface area (Å²) in [7, 11) is 1.43. The second-order valence-corrected chi connectivity index (χ2v) is 8.39. The lowest BCUT2D eigenvalue weighted by Crippen LogP contribution is -2.47. The Morgan fingerprint density at radius 1 is 1.19 bits per heavy atom. The summed E-state index contributed by atoms with van der Waals surface area (Å²) < 4.78 is 10.5. The van der Waals surface area contributed by atoms with E-state index in [0.29, 0.717) is 25.7 Å². The molecule has 2 rings (SSSR count). The number of amides is 1. The quantitative estimate of drug-likeness (QED) is 0.571. The summed E-state index contributed by atoms with van der Waals surface area (Å²) in [6.07, 6.45) is 2.26. The maximum absolute atomic E-state index is 12.6. The molecule has 0 spiro atoms. The van der Waals surface area contributed by atoms with Crippen LogP contribution in [0.3, 0.4) is 0 Å². The van der Waals surface area contributed by atoms with E-state index in [-0.39, 0.29) is 12.0 Å². The Morgan fingerprint density at radius 2 is 1.77 bits per heavy atom. The van der Waals surface area contributed by atoms with Crippen molar-refractivity contribution in [3.8, 4) is 0 Å². The van der Waals surface area contributed by atoms with Gasteiger partial charge in [0, 0.05) is 11.4 Å². The SMILES string of the molecule is COC(=O)[C@]1(c2ccc(CBr)cc2)CC[C@H](NC(=O)OC(C)(C)C)CC1. The molecule has 144 valence electrons. The van der Waals surface area contributed by atoms with Gasteiger partial charge < -0.3 is 14.8 Å². The number of esters is 1. The van der Waals surface area contributed by atoms with Crippen molar-refractivity contribution in [3.63, 3.8) is 0 Å². The molecule has 0 unspecified atom stereocenters. The van der Waals surface area contributed by atoms with E-state index in [4.69, 9.17) is 9.47 Å². The number of benzene rings is 1. The fourth-order valence-electron chi connectivity index (χ4n) is 3.45. The smallest absolute Gasteiger partial charge is 0.407 e. The number of alkyl carbamates (subject to hydrolysis) is 1. The highest BCUT2D eigenvalue weighted by atomic mass is 79.9. The van der Waals surface area contributed by atoms with Crippen LogP contribution in [-0.2, 0) is 25.0 Å². The second kappa shape index (κ2) is 8.42. The molecule has 1 aliphatic rings. The fourth-order valence-corrected chi connectivity index (χ4v) is 3.82. The summed E-state index contributed by atoms with van der Waals surface area (Å²) in [5.41, 5.74) is 0.969. The van der Waals surface area contributed by atoms with Crippen LogP contribution in [0.15, 0.2) is 24.3 Å². The van der Waals surface area contributed by atoms with Gasteiger partial charge in [-0.15, -0.1) is 0 Å². The molecule has 1 aromatic carbocycles. The maximum atomic E-state index is 12.6. The van der Waals surface area contributed by atoms with Crippen LogP contribution in [0.25, 0.3) is 0 Å². The number of alkyl halides is 1. The van der Waals surface area contributed by atoms with Gasteiger partial charge in [0.1, 0.15) is 5.60 Å². The van der Waals surface area contributed by atoms with E-state index in [1.165, 1.54) is 7.11 Å². The van der Waals surface area contributed by atoms with E-state index in [2.05, 4.69) is 21.2 Å². The van der Waals surface area contributed by atoms with Crippen LogP contribution < -0.4 is 5.32 Å². The van der Waals surface area contributed by atoms with Gasteiger partial charge >= 0.3 is 12.1 Å². The van der Waals surface area contributed by atoms with E-state index in [9.17, 15) is 9.59 Å². The Kier molecular flexibility index (Phi) is 6.72. The highest BCUT2D eigenvalue weighted by Crippen LogP contribution is 2.41. The van der Waals surface area contributed by atoms with E-state index in [1.54, 1.807) is 0 Å². The van der Waals surface area contributed by atoms with Crippen LogP contribution in [-0.4, -0.2) is 30.8 Å². The van der Waals surface area contributed by atoms with Crippen molar-refractivity contribution in [1.29, 1.82) is 0 Å². The maximum Gasteiger partial charge on any atom is 0.407 e. The summed E-state index contributed by atoms with van der Waals surface area (Å²) >= 11 is 3.44. The van der Waals surface area contributed by atoms with E-state index in [0.717, 1.165) is 16.5 Å². The monoisotopic (exact) mass is 425 g/mol. The molecular formula is C20H28BrNO4. The summed E-state index contributed by atoms with van der Waals surface area (Å²) in [5, 5.41) is 3.70. The van der Waals surface area contributed by atoms with Gasteiger partial charge in [-0.1, -0.05) is 40.2 Å². The lowest BCUT2D eigenvalue weighted by atomic mass is 9.68. The third-order valence-electron chi connectivity index (χ3n) is 4.80. The predicted octanol–water partition coefficient (Wildman–Crippen LogP) is 4.46. The zero-order valence-electron chi connectivity index (χ0n) is 15.9. The number of carbonyl (C=O) groups is 2. The van der Waals surface area contributed by atoms with Crippen LogP contribution in [0.4, 0.5) is 4.79 Å². The number of hydrogen-bond donors (Lipinski definition) is 1. The number of methoxy groups -OCH3 is 1. The third kappa shape index (κ3) is 5.00. The minimum absolute atomic E-state index is 0.00412. The number of carbonyl (C=O) groups excluding carboxylic acids is 2. The number of nitrogens with one attached hydrogen (secondary N) is 1. The molecule has 1 amide bonds. The largest absolute Gasteiger partial charge is 0.468 e. The summed E-state index contributed by atoms with van der Waals surface area (Å²) in [5.74, 6) is -0.209. The van der Waals surface area contributed by atoms with Gasteiger partial charge in [-0.25, -0.2) is 4.79 Å². The topological polar surface area (TPSA) is 64.6 Å². The zero-order valence-corrected chi connectivity index (χ0v) is 17.5. The minimum Gasteiger partial charge on any atom is -0.468 e. The molecule has 0 aliphatic heterocycles. The molecule has 0 saturated heterocycles. The molecule has 1 aromatic rings. The lowest BCUT2D eigenvalue weighted by molar-refractivity contribution is -0.149. The van der Waals surface area contributed by atoms with E-state index < -0.39 is 17.1 Å². The summed E-state index contributed by atoms with van der Waals surface area (Å²) in [6, 6.07) is 8.08. The van der Waals surface area contributed by atoms with Crippen molar-refractivity contribution in [2.45, 2.75) is 68.8 Å². The van der Waals surface area contributed by atoms with E-state index >= 15 is 0 Å². The van der Waals surface area contributed by atoms with Crippen molar-refractivity contribution < 1.29 is 19.1 Å². The molecule has 5 nitrogen and oxygen atoms in total. The number of rotatable bonds is 4. The van der Waals surface area contributed by atoms with E-state index in [1.807, 2.05) is 45.0 Å². The second-order valence-electron chi connectivity index (χ2n) is 7.82. The van der Waals surface area contributed by atoms with Gasteiger partial charge in [0.05, 0.1) is 12.5 Å². The molecule has 1 N–H and O–H groups in total. The molecule has 1 fully saturated rings. The molecule has 0 aromatic heterocycles. The van der Waals surface area contributed by atoms with Crippen LogP contribution in [0.1, 0.15) is 57.6 Å². The molecule has 0 bridgehead atoms. The first-order valence-electron chi connectivity index (χ1n) is 8.93. The van der Waals surface area contributed by atoms with Gasteiger partial charge in [-0.2, -0.15) is 0 Å². The minimum atomic E-state index is -0.647. The van der Waals surface area contributed by atoms with Crippen LogP contribution in [0.2, 0.25) is 0 Å². The Hall–Kier alpha value is -1.56. The molecule has 26 heavy (non-hydrogen) atoms. The van der Waals surface area contributed by atoms with Crippen molar-refractivity contribution in [2.75, 3.05) is 7.11 Å². The van der Waals surface area contributed by atoms with Gasteiger partial charge in [-0.3, -0.25) is 4.79 Å². The molecule has 0 atom stereocenters. The Labute approximate surface area is 164 Å². The first-order valence-corrected chi connectivity index (χ1v) is 10.1. The first kappa shape index (κ1) is 20.7. The van der Waals surface area contributed by atoms with Crippen molar-refractivity contribution in [2.24, 2.45) is 0 Å². The molecular weight excluding hydrogens is 398 g/mol. The fraction of sp³-hybridized carbons (Fsp3) is 0.600. The zero-order chi connectivity index (χ0) is 19.4. The summed E-state index contributed by atoms with van der Waals surface area (Å²) in [4.78, 5) is 24.6. The molecule has 0 heterocycles. The average molecular weight is 426 g/mol. The van der Waals surface area contributed by atoms with Crippen molar-refractivity contribution in [1.82, 2.24) is 5.32 Å². The molecule has 1 aliphatic carbocycles. The lowest BCUT2D eigenvalue weighted by Gasteiger charge is -2.38. The average Bonchev–Trinajstić information content (AvgIpc) is 2.60. The Balaban J connectivity index is 2.09. The van der Waals surface area contributed by atoms with Crippen LogP contribution >= 0.6 is 15.9 Å². The summed E-state index contributed by atoms with van der Waals surface area (Å²) in [6.45, 7) is 5.52. The normalized spacial score (nSPS) is 23.2. The number of ether oxygens (including phenoxy) is 2. The highest BCUT2D eigenvalue weighted by molar-refractivity contribution is 9.08. The molecule has 1 saturated carbocycles. The van der Waals surface area contributed by atoms with Crippen molar-refractivity contribution in [3.05, 3.63) is 35.4 Å². The highest BCUT2D eigenvalue weighted by Gasteiger charge is 2.44. The van der Waals surface area contributed by atoms with Gasteiger partial charge in [0.25, 0.3) is 0 Å². The van der Waals surface area contributed by atoms with Crippen molar-refractivity contribution >= 4 is 28.0 Å². The van der Waals surface area contributed by atoms with Crippen LogP contribution in [0.5, 0.6) is 0 Å². The van der Waals surface area contributed by atoms with Gasteiger partial charge in [-0.05, 0) is 57.6 Å². The van der Waals surface area contributed by atoms with Gasteiger partial charge in [0.2, 0.25) is 0 Å². The van der Waals surface area contributed by atoms with Crippen LogP contribution in [0, 0.1) is 0 Å². The third-order valence-corrected chi connectivity index (χ3v) is 5.44. The first-order chi connectivity index (χ1) is 12.2. The Bertz CT molecular complexity index is 628. The molecule has 0 radical (unpaired) electrons. The van der Waals surface area contributed by atoms with Gasteiger partial charge in [0.15, 0.2) is 0 Å².